The summed E-state index contributed by atoms with van der Waals surface area (Å²) in [5, 5.41) is 0. The summed E-state index contributed by atoms with van der Waals surface area (Å²) in [5.74, 6) is -1.43. The Morgan fingerprint density at radius 2 is 2.00 bits per heavy atom. The summed E-state index contributed by atoms with van der Waals surface area (Å²) in [4.78, 5) is 11.3. The molecule has 94 valence electrons. The summed E-state index contributed by atoms with van der Waals surface area (Å²) in [6.07, 6.45) is 0. The van der Waals surface area contributed by atoms with Gasteiger partial charge in [-0.2, -0.15) is 15.0 Å². The van der Waals surface area contributed by atoms with E-state index in [1.54, 1.807) is 6.92 Å². The van der Waals surface area contributed by atoms with Crippen LogP contribution in [0.3, 0.4) is 0 Å². The lowest BCUT2D eigenvalue weighted by atomic mass is 10.2. The van der Waals surface area contributed by atoms with E-state index in [2.05, 4.69) is 15.0 Å². The van der Waals surface area contributed by atoms with Crippen LogP contribution in [0.1, 0.15) is 6.92 Å². The number of hydrogen-bond acceptors (Lipinski definition) is 5. The quantitative estimate of drug-likeness (QED) is 0.901. The van der Waals surface area contributed by atoms with Crippen molar-refractivity contribution in [3.63, 3.8) is 0 Å². The fraction of sp³-hybridized carbons (Fsp3) is 0.182. The molecule has 0 aliphatic heterocycles. The van der Waals surface area contributed by atoms with Gasteiger partial charge in [-0.15, -0.1) is 0 Å². The molecule has 0 aliphatic rings. The first-order valence-electron chi connectivity index (χ1n) is 5.20. The Morgan fingerprint density at radius 1 is 1.22 bits per heavy atom. The third-order valence-corrected chi connectivity index (χ3v) is 2.07. The number of benzene rings is 1. The number of ether oxygens (including phenoxy) is 1. The molecule has 1 aromatic heterocycles. The number of hydrogen-bond donors (Lipinski definition) is 1. The molecule has 0 atom stereocenters. The normalized spacial score (nSPS) is 10.4. The molecule has 2 N–H and O–H groups in total. The maximum absolute atomic E-state index is 13.6. The Bertz CT molecular complexity index is 577. The van der Waals surface area contributed by atoms with E-state index in [0.29, 0.717) is 6.61 Å². The van der Waals surface area contributed by atoms with E-state index in [9.17, 15) is 8.78 Å². The molecular weight excluding hydrogens is 242 g/mol. The number of nitrogens with zero attached hydrogens (tertiary/aromatic N) is 3. The van der Waals surface area contributed by atoms with Gasteiger partial charge in [0.2, 0.25) is 5.95 Å². The van der Waals surface area contributed by atoms with Crippen LogP contribution in [-0.4, -0.2) is 21.6 Å². The molecule has 0 amide bonds. The smallest absolute Gasteiger partial charge is 0.321 e. The minimum atomic E-state index is -0.649. The topological polar surface area (TPSA) is 73.9 Å². The van der Waals surface area contributed by atoms with Crippen molar-refractivity contribution in [2.24, 2.45) is 0 Å². The van der Waals surface area contributed by atoms with E-state index in [1.165, 1.54) is 0 Å². The second-order valence-corrected chi connectivity index (χ2v) is 3.36. The van der Waals surface area contributed by atoms with Gasteiger partial charge in [0.25, 0.3) is 0 Å². The maximum Gasteiger partial charge on any atom is 0.321 e. The molecule has 5 nitrogen and oxygen atoms in total. The van der Waals surface area contributed by atoms with Crippen molar-refractivity contribution in [2.75, 3.05) is 12.3 Å². The van der Waals surface area contributed by atoms with Gasteiger partial charge >= 0.3 is 6.01 Å². The molecule has 0 unspecified atom stereocenters. The summed E-state index contributed by atoms with van der Waals surface area (Å²) < 4.78 is 31.7. The minimum Gasteiger partial charge on any atom is -0.464 e. The average Bonchev–Trinajstić information content (AvgIpc) is 2.32. The first-order valence-corrected chi connectivity index (χ1v) is 5.20. The Balaban J connectivity index is 2.52. The number of anilines is 1. The monoisotopic (exact) mass is 252 g/mol. The van der Waals surface area contributed by atoms with Crippen LogP contribution in [0.5, 0.6) is 6.01 Å². The van der Waals surface area contributed by atoms with Crippen molar-refractivity contribution >= 4 is 5.95 Å². The molecule has 0 fully saturated rings. The van der Waals surface area contributed by atoms with Gasteiger partial charge in [0.15, 0.2) is 5.82 Å². The summed E-state index contributed by atoms with van der Waals surface area (Å²) in [5.41, 5.74) is 5.36. The molecule has 2 rings (SSSR count). The lowest BCUT2D eigenvalue weighted by Gasteiger charge is -2.05. The van der Waals surface area contributed by atoms with Crippen molar-refractivity contribution in [2.45, 2.75) is 6.92 Å². The van der Waals surface area contributed by atoms with Crippen LogP contribution >= 0.6 is 0 Å². The second-order valence-electron chi connectivity index (χ2n) is 3.36. The Kier molecular flexibility index (Phi) is 3.31. The van der Waals surface area contributed by atoms with E-state index >= 15 is 0 Å². The molecule has 1 heterocycles. The predicted molar refractivity (Wildman–Crippen MR) is 60.8 cm³/mol. The Hall–Kier alpha value is -2.31. The van der Waals surface area contributed by atoms with Gasteiger partial charge in [0, 0.05) is 0 Å². The van der Waals surface area contributed by atoms with Crippen LogP contribution in [-0.2, 0) is 0 Å². The lowest BCUT2D eigenvalue weighted by molar-refractivity contribution is 0.312. The van der Waals surface area contributed by atoms with E-state index in [0.717, 1.165) is 18.2 Å². The van der Waals surface area contributed by atoms with Crippen molar-refractivity contribution in [1.82, 2.24) is 15.0 Å². The van der Waals surface area contributed by atoms with E-state index in [4.69, 9.17) is 10.5 Å². The van der Waals surface area contributed by atoms with Gasteiger partial charge in [0.05, 0.1) is 12.2 Å². The third kappa shape index (κ3) is 2.50. The van der Waals surface area contributed by atoms with Crippen LogP contribution in [0.2, 0.25) is 0 Å². The average molecular weight is 252 g/mol. The first kappa shape index (κ1) is 12.2. The minimum absolute atomic E-state index is 0.0244. The SMILES string of the molecule is CCOc1nc(N)nc(-c2cc(F)ccc2F)n1. The molecule has 7 heteroatoms. The predicted octanol–water partition coefficient (Wildman–Crippen LogP) is 1.80. The number of rotatable bonds is 3. The molecule has 18 heavy (non-hydrogen) atoms. The summed E-state index contributed by atoms with van der Waals surface area (Å²) in [7, 11) is 0. The molecule has 1 aromatic carbocycles. The zero-order valence-corrected chi connectivity index (χ0v) is 9.52. The summed E-state index contributed by atoms with van der Waals surface area (Å²) >= 11 is 0. The van der Waals surface area contributed by atoms with Gasteiger partial charge in [-0.3, -0.25) is 0 Å². The highest BCUT2D eigenvalue weighted by Gasteiger charge is 2.12. The molecule has 0 saturated heterocycles. The van der Waals surface area contributed by atoms with Crippen molar-refractivity contribution in [3.8, 4) is 17.4 Å². The van der Waals surface area contributed by atoms with Crippen LogP contribution in [0.25, 0.3) is 11.4 Å². The van der Waals surface area contributed by atoms with Crippen molar-refractivity contribution < 1.29 is 13.5 Å². The molecule has 0 bridgehead atoms. The van der Waals surface area contributed by atoms with E-state index in [-0.39, 0.29) is 23.3 Å². The van der Waals surface area contributed by atoms with Crippen LogP contribution in [0, 0.1) is 11.6 Å². The highest BCUT2D eigenvalue weighted by Crippen LogP contribution is 2.22. The number of nitrogens with two attached hydrogens (primary N) is 1. The fourth-order valence-electron chi connectivity index (χ4n) is 1.36. The fourth-order valence-corrected chi connectivity index (χ4v) is 1.36. The summed E-state index contributed by atoms with van der Waals surface area (Å²) in [6, 6.07) is 2.96. The highest BCUT2D eigenvalue weighted by molar-refractivity contribution is 5.57. The van der Waals surface area contributed by atoms with Gasteiger partial charge in [-0.25, -0.2) is 8.78 Å². The highest BCUT2D eigenvalue weighted by atomic mass is 19.1. The largest absolute Gasteiger partial charge is 0.464 e. The molecule has 0 spiro atoms. The molecule has 0 radical (unpaired) electrons. The lowest BCUT2D eigenvalue weighted by Crippen LogP contribution is -2.05. The zero-order chi connectivity index (χ0) is 13.1. The summed E-state index contributed by atoms with van der Waals surface area (Å²) in [6.45, 7) is 2.07. The van der Waals surface area contributed by atoms with E-state index in [1.807, 2.05) is 0 Å². The van der Waals surface area contributed by atoms with Crippen LogP contribution in [0.15, 0.2) is 18.2 Å². The van der Waals surface area contributed by atoms with Gasteiger partial charge in [-0.1, -0.05) is 0 Å². The molecule has 0 saturated carbocycles. The van der Waals surface area contributed by atoms with Gasteiger partial charge in [-0.05, 0) is 25.1 Å². The maximum atomic E-state index is 13.6. The Morgan fingerprint density at radius 3 is 2.72 bits per heavy atom. The van der Waals surface area contributed by atoms with Crippen molar-refractivity contribution in [3.05, 3.63) is 29.8 Å². The number of aromatic nitrogens is 3. The van der Waals surface area contributed by atoms with Crippen LogP contribution in [0.4, 0.5) is 14.7 Å². The van der Waals surface area contributed by atoms with Crippen LogP contribution < -0.4 is 10.5 Å². The number of halogens is 2. The Labute approximate surface area is 102 Å². The van der Waals surface area contributed by atoms with Gasteiger partial charge in [0.1, 0.15) is 11.6 Å². The van der Waals surface area contributed by atoms with Crippen molar-refractivity contribution in [1.29, 1.82) is 0 Å². The molecular formula is C11H10F2N4O. The third-order valence-electron chi connectivity index (χ3n) is 2.07. The molecule has 0 aliphatic carbocycles. The first-order chi connectivity index (χ1) is 8.60. The van der Waals surface area contributed by atoms with Gasteiger partial charge < -0.3 is 10.5 Å². The van der Waals surface area contributed by atoms with E-state index < -0.39 is 11.6 Å². The standard InChI is InChI=1S/C11H10F2N4O/c1-2-18-11-16-9(15-10(14)17-11)7-5-6(12)3-4-8(7)13/h3-5H,2H2,1H3,(H2,14,15,16,17). The number of nitrogen functional groups attached to an aromatic ring is 1. The zero-order valence-electron chi connectivity index (χ0n) is 9.52. The second kappa shape index (κ2) is 4.91. The molecule has 2 aromatic rings.